The summed E-state index contributed by atoms with van der Waals surface area (Å²) in [6.07, 6.45) is -12.1. The van der Waals surface area contributed by atoms with Crippen LogP contribution in [0.4, 0.5) is 83.4 Å². The number of rotatable bonds is 27. The van der Waals surface area contributed by atoms with Gasteiger partial charge in [0, 0.05) is 51.3 Å². The number of methoxy groups -OCH3 is 3. The van der Waals surface area contributed by atoms with Gasteiger partial charge in [0.05, 0.1) is 33.7 Å². The Morgan fingerprint density at radius 2 is 1.04 bits per heavy atom. The molecule has 0 aromatic carbocycles. The largest absolute Gasteiger partial charge is 0.522 e. The van der Waals surface area contributed by atoms with Crippen LogP contribution in [0, 0.1) is 11.8 Å². The average Bonchev–Trinajstić information content (AvgIpc) is 3.21. The first-order valence-corrected chi connectivity index (χ1v) is 18.9. The molecule has 0 rings (SSSR count). The van der Waals surface area contributed by atoms with Gasteiger partial charge in [0.2, 0.25) is 5.91 Å². The monoisotopic (exact) mass is 1030 g/mol. The molecule has 1 amide bonds. The number of carbonyl (C=O) groups excluding carboxylic acids is 4. The highest BCUT2D eigenvalue weighted by atomic mass is 19.4. The highest BCUT2D eigenvalue weighted by Gasteiger charge is 2.90. The molecule has 0 aromatic rings. The molecule has 0 spiro atoms. The summed E-state index contributed by atoms with van der Waals surface area (Å²) in [4.78, 5) is 44.6. The van der Waals surface area contributed by atoms with Crippen LogP contribution in [-0.4, -0.2) is 119 Å². The number of esters is 2. The van der Waals surface area contributed by atoms with Gasteiger partial charge in [-0.1, -0.05) is 32.1 Å². The molecular formula is C38H53F19N2O8. The summed E-state index contributed by atoms with van der Waals surface area (Å²) in [5.41, 5.74) is 4.91. The molecule has 3 N–H and O–H groups in total. The van der Waals surface area contributed by atoms with Gasteiger partial charge in [-0.3, -0.25) is 23.9 Å². The molecule has 0 aliphatic carbocycles. The number of Topliss-reactive ketones (excluding diaryl/α,β-unsaturated/α-hetero) is 1. The lowest BCUT2D eigenvalue weighted by Crippen LogP contribution is -2.70. The van der Waals surface area contributed by atoms with Crippen LogP contribution in [0.5, 0.6) is 0 Å². The van der Waals surface area contributed by atoms with E-state index in [0.717, 1.165) is 14.2 Å². The number of ketones is 1. The number of carbonyl (C=O) groups is 4. The smallest absolute Gasteiger partial charge is 0.469 e. The Morgan fingerprint density at radius 1 is 0.612 bits per heavy atom. The summed E-state index contributed by atoms with van der Waals surface area (Å²) >= 11 is 0. The van der Waals surface area contributed by atoms with Crippen LogP contribution in [0.1, 0.15) is 71.6 Å². The summed E-state index contributed by atoms with van der Waals surface area (Å²) in [6, 6.07) is 0. The van der Waals surface area contributed by atoms with E-state index >= 15 is 0 Å². The fourth-order valence-electron chi connectivity index (χ4n) is 4.51. The summed E-state index contributed by atoms with van der Waals surface area (Å²) in [5.74, 6) is -48.5. The lowest BCUT2D eigenvalue weighted by Gasteiger charge is -2.40. The summed E-state index contributed by atoms with van der Waals surface area (Å²) in [6.45, 7) is 11.6. The summed E-state index contributed by atoms with van der Waals surface area (Å²) < 4.78 is 260. The molecule has 0 heterocycles. The van der Waals surface area contributed by atoms with E-state index in [0.29, 0.717) is 13.0 Å². The third kappa shape index (κ3) is 22.7. The first-order chi connectivity index (χ1) is 30.2. The van der Waals surface area contributed by atoms with Crippen LogP contribution in [0.2, 0.25) is 0 Å². The molecule has 0 aliphatic heterocycles. The van der Waals surface area contributed by atoms with E-state index in [-0.39, 0.29) is 38.0 Å². The highest BCUT2D eigenvalue weighted by Crippen LogP contribution is 2.60. The average molecular weight is 1030 g/mol. The van der Waals surface area contributed by atoms with Crippen LogP contribution in [0.15, 0.2) is 38.0 Å². The Labute approximate surface area is 372 Å². The van der Waals surface area contributed by atoms with E-state index in [4.69, 9.17) is 5.73 Å². The van der Waals surface area contributed by atoms with Gasteiger partial charge < -0.3 is 25.3 Å². The zero-order valence-electron chi connectivity index (χ0n) is 36.5. The van der Waals surface area contributed by atoms with Crippen molar-refractivity contribution in [2.45, 2.75) is 126 Å². The fourth-order valence-corrected chi connectivity index (χ4v) is 4.51. The number of halogens is 19. The molecule has 0 saturated heterocycles. The number of amides is 1. The van der Waals surface area contributed by atoms with E-state index in [9.17, 15) is 103 Å². The van der Waals surface area contributed by atoms with Gasteiger partial charge in [-0.05, 0) is 19.3 Å². The number of hydrogen-bond acceptors (Lipinski definition) is 9. The summed E-state index contributed by atoms with van der Waals surface area (Å²) in [7, 11) is 1.76. The van der Waals surface area contributed by atoms with Gasteiger partial charge in [-0.25, -0.2) is 17.6 Å². The van der Waals surface area contributed by atoms with Gasteiger partial charge in [-0.2, -0.15) is 52.7 Å². The van der Waals surface area contributed by atoms with Gasteiger partial charge in [-0.15, -0.1) is 32.9 Å². The molecule has 0 fully saturated rings. The zero-order valence-corrected chi connectivity index (χ0v) is 36.5. The Balaban J connectivity index is -0.000000440. The molecule has 10 nitrogen and oxygen atoms in total. The van der Waals surface area contributed by atoms with Crippen LogP contribution in [-0.2, 0) is 38.1 Å². The molecule has 0 aliphatic rings. The Bertz CT molecular complexity index is 1530. The second-order valence-corrected chi connectivity index (χ2v) is 13.4. The third-order valence-electron chi connectivity index (χ3n) is 8.48. The second kappa shape index (κ2) is 29.7. The predicted molar refractivity (Wildman–Crippen MR) is 200 cm³/mol. The van der Waals surface area contributed by atoms with E-state index < -0.39 is 123 Å². The van der Waals surface area contributed by atoms with Crippen molar-refractivity contribution in [2.75, 3.05) is 41.0 Å². The Morgan fingerprint density at radius 3 is 1.42 bits per heavy atom. The van der Waals surface area contributed by atoms with Crippen LogP contribution >= 0.6 is 0 Å². The number of nitrogens with two attached hydrogens (primary N) is 1. The van der Waals surface area contributed by atoms with Crippen molar-refractivity contribution in [3.05, 3.63) is 38.0 Å². The van der Waals surface area contributed by atoms with E-state index in [1.54, 1.807) is 19.1 Å². The van der Waals surface area contributed by atoms with E-state index in [2.05, 4.69) is 44.0 Å². The van der Waals surface area contributed by atoms with Gasteiger partial charge in [0.15, 0.2) is 0 Å². The van der Waals surface area contributed by atoms with Gasteiger partial charge in [0.1, 0.15) is 12.2 Å². The molecule has 0 bridgehead atoms. The zero-order chi connectivity index (χ0) is 54.1. The minimum atomic E-state index is -7.87. The fraction of sp³-hybridized carbons (Fsp3) is 0.737. The van der Waals surface area contributed by atoms with Crippen LogP contribution in [0.3, 0.4) is 0 Å². The van der Waals surface area contributed by atoms with E-state index in [1.807, 2.05) is 0 Å². The number of nitrogens with one attached hydrogen (secondary N) is 1. The summed E-state index contributed by atoms with van der Waals surface area (Å²) in [5, 5.41) is 2.32. The molecule has 0 aromatic heterocycles. The minimum Gasteiger partial charge on any atom is -0.469 e. The van der Waals surface area contributed by atoms with Crippen LogP contribution < -0.4 is 11.1 Å². The minimum absolute atomic E-state index is 0.0824. The van der Waals surface area contributed by atoms with E-state index in [1.165, 1.54) is 13.0 Å². The number of alkyl halides is 19. The lowest BCUT2D eigenvalue weighted by molar-refractivity contribution is -0.455. The van der Waals surface area contributed by atoms with Crippen molar-refractivity contribution in [3.63, 3.8) is 0 Å². The quantitative estimate of drug-likeness (QED) is 0.0467. The molecule has 2 unspecified atom stereocenters. The van der Waals surface area contributed by atoms with Gasteiger partial charge >= 0.3 is 54.0 Å². The van der Waals surface area contributed by atoms with Crippen molar-refractivity contribution < 1.29 is 122 Å². The van der Waals surface area contributed by atoms with Crippen molar-refractivity contribution in [1.82, 2.24) is 5.32 Å². The number of allylic oxidation sites excluding steroid dienone is 1. The molecule has 2 atom stereocenters. The standard InChI is InChI=1S/C15H23F2NO2.C10H7F15O2.C10H16F2O4.C3H7N/c1-4-7-8-13(19)10-12(6-3)15(16,17)11-14(20)18-9-5-2;1-26-9(21,22)8(19,20)7(17,18)6(15,16)5(13,14)4(11,12)2-3-27-10(23,24)25;1-4-7(5-8(13)15-2)10(11,12)6-9(14)16-3;1-2-3-4/h4-5,12H,1-2,6-11H2,3H3,(H,18,20);2-3H2,1H3;7H,4-6H2,1-3H3;2H,1,3-4H2. The molecule has 396 valence electrons. The first kappa shape index (κ1) is 69.4. The number of hydrogen-bond donors (Lipinski definition) is 2. The van der Waals surface area contributed by atoms with Crippen molar-refractivity contribution in [3.8, 4) is 0 Å². The molecule has 0 saturated carbocycles. The lowest BCUT2D eigenvalue weighted by atomic mass is 9.89. The van der Waals surface area contributed by atoms with Crippen LogP contribution in [0.25, 0.3) is 0 Å². The maximum absolute atomic E-state index is 14.0. The highest BCUT2D eigenvalue weighted by molar-refractivity contribution is 5.79. The first-order valence-electron chi connectivity index (χ1n) is 18.9. The normalized spacial score (nSPS) is 13.7. The number of ether oxygens (including phenoxy) is 4. The van der Waals surface area contributed by atoms with Crippen molar-refractivity contribution >= 4 is 23.6 Å². The molecule has 29 heteroatoms. The van der Waals surface area contributed by atoms with Crippen molar-refractivity contribution in [2.24, 2.45) is 17.6 Å². The third-order valence-corrected chi connectivity index (χ3v) is 8.48. The van der Waals surface area contributed by atoms with Gasteiger partial charge in [0.25, 0.3) is 11.8 Å². The Kier molecular flexibility index (Phi) is 30.7. The maximum Gasteiger partial charge on any atom is 0.522 e. The molecule has 0 radical (unpaired) electrons. The molecule has 67 heavy (non-hydrogen) atoms. The SMILES string of the molecule is C=CCCC(=O)CC(CC)C(F)(F)CC(=O)NCC=C.C=CCN.CCC(CC(=O)OC)C(F)(F)CC(=O)OC.COC(F)(F)C(F)(F)C(F)(F)C(F)(F)C(F)(F)C(F)(F)CCOC(F)(F)F. The Hall–Kier alpha value is -4.15. The van der Waals surface area contributed by atoms with Crippen molar-refractivity contribution in [1.29, 1.82) is 0 Å². The molecular weight excluding hydrogens is 973 g/mol. The second-order valence-electron chi connectivity index (χ2n) is 13.4. The predicted octanol–water partition coefficient (Wildman–Crippen LogP) is 10.5. The maximum atomic E-state index is 14.0. The topological polar surface area (TPSA) is 143 Å².